The molecule has 0 bridgehead atoms. The van der Waals surface area contributed by atoms with Crippen LogP contribution in [0.3, 0.4) is 0 Å². The van der Waals surface area contributed by atoms with Crippen molar-refractivity contribution in [2.75, 3.05) is 19.5 Å². The minimum Gasteiger partial charge on any atom is -0.465 e. The molecule has 0 spiro atoms. The van der Waals surface area contributed by atoms with Gasteiger partial charge in [0.2, 0.25) is 0 Å². The third-order valence-corrected chi connectivity index (χ3v) is 3.21. The van der Waals surface area contributed by atoms with Crippen LogP contribution in [0.1, 0.15) is 22.8 Å². The second-order valence-electron chi connectivity index (χ2n) is 3.59. The Hall–Kier alpha value is -1.56. The van der Waals surface area contributed by atoms with Crippen LogP contribution in [-0.4, -0.2) is 31.4 Å². The van der Waals surface area contributed by atoms with Crippen molar-refractivity contribution in [1.29, 1.82) is 0 Å². The Kier molecular flexibility index (Phi) is 6.35. The van der Waals surface area contributed by atoms with Crippen molar-refractivity contribution in [3.05, 3.63) is 35.1 Å². The second-order valence-corrected chi connectivity index (χ2v) is 4.58. The maximum atomic E-state index is 13.1. The molecule has 6 heteroatoms. The topological polar surface area (TPSA) is 52.6 Å². The van der Waals surface area contributed by atoms with Crippen LogP contribution < -0.4 is 0 Å². The summed E-state index contributed by atoms with van der Waals surface area (Å²) in [4.78, 5) is 22.7. The molecule has 104 valence electrons. The predicted octanol–water partition coefficient (Wildman–Crippen LogP) is 2.41. The molecule has 0 saturated carbocycles. The molecule has 0 saturated heterocycles. The summed E-state index contributed by atoms with van der Waals surface area (Å²) in [5.41, 5.74) is 0.807. The summed E-state index contributed by atoms with van der Waals surface area (Å²) in [6.07, 6.45) is 0. The molecular formula is C13H15FO4S. The lowest BCUT2D eigenvalue weighted by Crippen LogP contribution is -2.08. The Balaban J connectivity index is 2.67. The van der Waals surface area contributed by atoms with E-state index in [0.29, 0.717) is 17.9 Å². The molecule has 0 heterocycles. The number of carbonyl (C=O) groups is 2. The molecule has 0 aliphatic carbocycles. The van der Waals surface area contributed by atoms with Gasteiger partial charge in [-0.2, -0.15) is 0 Å². The fraction of sp³-hybridized carbons (Fsp3) is 0.385. The van der Waals surface area contributed by atoms with E-state index in [2.05, 4.69) is 4.74 Å². The molecule has 0 N–H and O–H groups in total. The molecule has 0 aromatic heterocycles. The number of thioether (sulfide) groups is 1. The van der Waals surface area contributed by atoms with Crippen molar-refractivity contribution >= 4 is 23.7 Å². The van der Waals surface area contributed by atoms with E-state index in [9.17, 15) is 14.0 Å². The Morgan fingerprint density at radius 1 is 1.37 bits per heavy atom. The summed E-state index contributed by atoms with van der Waals surface area (Å²) in [7, 11) is 1.24. The van der Waals surface area contributed by atoms with Crippen molar-refractivity contribution in [3.63, 3.8) is 0 Å². The Morgan fingerprint density at radius 2 is 2.11 bits per heavy atom. The molecule has 0 radical (unpaired) electrons. The number of hydrogen-bond acceptors (Lipinski definition) is 5. The van der Waals surface area contributed by atoms with Crippen LogP contribution >= 0.6 is 11.8 Å². The smallest absolute Gasteiger partial charge is 0.338 e. The molecule has 0 fully saturated rings. The van der Waals surface area contributed by atoms with Crippen LogP contribution in [0.15, 0.2) is 18.2 Å². The van der Waals surface area contributed by atoms with Crippen molar-refractivity contribution in [3.8, 4) is 0 Å². The third-order valence-electron chi connectivity index (χ3n) is 2.26. The summed E-state index contributed by atoms with van der Waals surface area (Å²) in [5, 5.41) is 0. The van der Waals surface area contributed by atoms with E-state index >= 15 is 0 Å². The van der Waals surface area contributed by atoms with E-state index in [1.807, 2.05) is 0 Å². The fourth-order valence-electron chi connectivity index (χ4n) is 1.42. The standard InChI is InChI=1S/C13H15FO4S/c1-3-18-12(15)8-19-7-9-4-5-10(14)6-11(9)13(16)17-2/h4-6H,3,7-8H2,1-2H3. The predicted molar refractivity (Wildman–Crippen MR) is 70.5 cm³/mol. The van der Waals surface area contributed by atoms with Crippen LogP contribution in [-0.2, 0) is 20.0 Å². The van der Waals surface area contributed by atoms with Gasteiger partial charge in [-0.05, 0) is 24.6 Å². The van der Waals surface area contributed by atoms with Gasteiger partial charge < -0.3 is 9.47 Å². The number of halogens is 1. The normalized spacial score (nSPS) is 10.1. The minimum absolute atomic E-state index is 0.179. The van der Waals surface area contributed by atoms with Gasteiger partial charge in [0.1, 0.15) is 5.82 Å². The number of esters is 2. The quantitative estimate of drug-likeness (QED) is 0.752. The van der Waals surface area contributed by atoms with Crippen LogP contribution in [0.4, 0.5) is 4.39 Å². The lowest BCUT2D eigenvalue weighted by Gasteiger charge is -2.07. The molecule has 19 heavy (non-hydrogen) atoms. The van der Waals surface area contributed by atoms with Crippen LogP contribution in [0.25, 0.3) is 0 Å². The first kappa shape index (κ1) is 15.5. The Morgan fingerprint density at radius 3 is 2.74 bits per heavy atom. The van der Waals surface area contributed by atoms with E-state index in [-0.39, 0.29) is 17.3 Å². The van der Waals surface area contributed by atoms with Crippen molar-refractivity contribution in [1.82, 2.24) is 0 Å². The second kappa shape index (κ2) is 7.78. The highest BCUT2D eigenvalue weighted by molar-refractivity contribution is 7.99. The zero-order valence-electron chi connectivity index (χ0n) is 10.8. The zero-order valence-corrected chi connectivity index (χ0v) is 11.6. The SMILES string of the molecule is CCOC(=O)CSCc1ccc(F)cc1C(=O)OC. The van der Waals surface area contributed by atoms with Crippen molar-refractivity contribution < 1.29 is 23.5 Å². The Labute approximate surface area is 115 Å². The van der Waals surface area contributed by atoms with Gasteiger partial charge in [-0.3, -0.25) is 4.79 Å². The lowest BCUT2D eigenvalue weighted by atomic mass is 10.1. The number of carbonyl (C=O) groups excluding carboxylic acids is 2. The fourth-order valence-corrected chi connectivity index (χ4v) is 2.25. The first-order valence-corrected chi connectivity index (χ1v) is 6.84. The van der Waals surface area contributed by atoms with Gasteiger partial charge in [0, 0.05) is 5.75 Å². The van der Waals surface area contributed by atoms with Gasteiger partial charge in [0.15, 0.2) is 0 Å². The molecule has 0 amide bonds. The first-order valence-electron chi connectivity index (χ1n) is 5.68. The third kappa shape index (κ3) is 4.90. The highest BCUT2D eigenvalue weighted by Gasteiger charge is 2.13. The van der Waals surface area contributed by atoms with Gasteiger partial charge in [-0.25, -0.2) is 9.18 Å². The lowest BCUT2D eigenvalue weighted by molar-refractivity contribution is -0.139. The molecule has 1 aromatic carbocycles. The molecule has 1 aromatic rings. The number of ether oxygens (including phenoxy) is 2. The number of hydrogen-bond donors (Lipinski definition) is 0. The average Bonchev–Trinajstić information content (AvgIpc) is 2.39. The summed E-state index contributed by atoms with van der Waals surface area (Å²) in [6.45, 7) is 2.07. The summed E-state index contributed by atoms with van der Waals surface area (Å²) in [6, 6.07) is 3.92. The number of methoxy groups -OCH3 is 1. The molecule has 1 rings (SSSR count). The van der Waals surface area contributed by atoms with Crippen LogP contribution in [0.2, 0.25) is 0 Å². The number of rotatable bonds is 6. The van der Waals surface area contributed by atoms with E-state index in [0.717, 1.165) is 6.07 Å². The summed E-state index contributed by atoms with van der Waals surface area (Å²) >= 11 is 1.30. The van der Waals surface area contributed by atoms with Gasteiger partial charge in [-0.1, -0.05) is 6.07 Å². The monoisotopic (exact) mass is 286 g/mol. The van der Waals surface area contributed by atoms with Crippen molar-refractivity contribution in [2.45, 2.75) is 12.7 Å². The van der Waals surface area contributed by atoms with Gasteiger partial charge in [0.25, 0.3) is 0 Å². The molecule has 0 unspecified atom stereocenters. The van der Waals surface area contributed by atoms with E-state index in [1.54, 1.807) is 6.92 Å². The summed E-state index contributed by atoms with van der Waals surface area (Å²) < 4.78 is 22.5. The van der Waals surface area contributed by atoms with E-state index in [1.165, 1.54) is 31.0 Å². The first-order chi connectivity index (χ1) is 9.08. The molecular weight excluding hydrogens is 271 g/mol. The molecule has 4 nitrogen and oxygen atoms in total. The van der Waals surface area contributed by atoms with Crippen LogP contribution in [0.5, 0.6) is 0 Å². The minimum atomic E-state index is -0.591. The highest BCUT2D eigenvalue weighted by Crippen LogP contribution is 2.19. The van der Waals surface area contributed by atoms with Gasteiger partial charge in [-0.15, -0.1) is 11.8 Å². The molecule has 0 aliphatic rings. The summed E-state index contributed by atoms with van der Waals surface area (Å²) in [5.74, 6) is -0.810. The molecule has 0 atom stereocenters. The van der Waals surface area contributed by atoms with Gasteiger partial charge in [0.05, 0.1) is 25.0 Å². The highest BCUT2D eigenvalue weighted by atomic mass is 32.2. The van der Waals surface area contributed by atoms with Crippen molar-refractivity contribution in [2.24, 2.45) is 0 Å². The maximum absolute atomic E-state index is 13.1. The van der Waals surface area contributed by atoms with Crippen LogP contribution in [0, 0.1) is 5.82 Å². The number of benzene rings is 1. The Bertz CT molecular complexity index is 462. The average molecular weight is 286 g/mol. The van der Waals surface area contributed by atoms with E-state index in [4.69, 9.17) is 4.74 Å². The largest absolute Gasteiger partial charge is 0.465 e. The zero-order chi connectivity index (χ0) is 14.3. The maximum Gasteiger partial charge on any atom is 0.338 e. The molecule has 0 aliphatic heterocycles. The van der Waals surface area contributed by atoms with Gasteiger partial charge >= 0.3 is 11.9 Å². The van der Waals surface area contributed by atoms with E-state index < -0.39 is 11.8 Å².